The molecule has 0 aliphatic rings. The minimum atomic E-state index is 0.747. The second kappa shape index (κ2) is 11.9. The van der Waals surface area contributed by atoms with Crippen LogP contribution in [-0.2, 0) is 0 Å². The molecule has 0 amide bonds. The lowest BCUT2D eigenvalue weighted by Gasteiger charge is -2.12. The third kappa shape index (κ3) is 4.61. The summed E-state index contributed by atoms with van der Waals surface area (Å²) in [5.41, 5.74) is 10.1. The quantitative estimate of drug-likeness (QED) is 0.180. The summed E-state index contributed by atoms with van der Waals surface area (Å²) in [6.07, 6.45) is 0. The van der Waals surface area contributed by atoms with Crippen molar-refractivity contribution in [2.75, 3.05) is 0 Å². The molecule has 0 N–H and O–H groups in total. The number of hydrogen-bond acceptors (Lipinski definition) is 4. The Bertz CT molecular complexity index is 3460. The zero-order valence-electron chi connectivity index (χ0n) is 29.4. The molecule has 256 valence electrons. The minimum absolute atomic E-state index is 0.747. The van der Waals surface area contributed by atoms with Gasteiger partial charge in [-0.15, -0.1) is 22.7 Å². The number of aromatic nitrogens is 3. The predicted molar refractivity (Wildman–Crippen MR) is 236 cm³/mol. The third-order valence-corrected chi connectivity index (χ3v) is 13.4. The maximum Gasteiger partial charge on any atom is 0.160 e. The van der Waals surface area contributed by atoms with Gasteiger partial charge < -0.3 is 4.57 Å². The van der Waals surface area contributed by atoms with Crippen LogP contribution >= 0.6 is 22.7 Å². The van der Waals surface area contributed by atoms with E-state index in [1.165, 1.54) is 74.0 Å². The van der Waals surface area contributed by atoms with Crippen molar-refractivity contribution in [3.63, 3.8) is 0 Å². The maximum atomic E-state index is 5.18. The van der Waals surface area contributed by atoms with Gasteiger partial charge in [0, 0.05) is 63.2 Å². The van der Waals surface area contributed by atoms with Crippen LogP contribution in [0.25, 0.3) is 113 Å². The fourth-order valence-electron chi connectivity index (χ4n) is 8.51. The zero-order chi connectivity index (χ0) is 36.0. The van der Waals surface area contributed by atoms with Gasteiger partial charge in [0.05, 0.1) is 26.9 Å². The largest absolute Gasteiger partial charge is 0.309 e. The van der Waals surface area contributed by atoms with Crippen molar-refractivity contribution < 1.29 is 0 Å². The predicted octanol–water partition coefficient (Wildman–Crippen LogP) is 14.5. The van der Waals surface area contributed by atoms with Gasteiger partial charge in [0.25, 0.3) is 0 Å². The lowest BCUT2D eigenvalue weighted by atomic mass is 9.99. The van der Waals surface area contributed by atoms with Crippen LogP contribution < -0.4 is 0 Å². The van der Waals surface area contributed by atoms with Crippen LogP contribution in [0.4, 0.5) is 0 Å². The highest BCUT2D eigenvalue weighted by atomic mass is 32.1. The van der Waals surface area contributed by atoms with Gasteiger partial charge in [-0.05, 0) is 46.8 Å². The molecule has 3 nitrogen and oxygen atoms in total. The normalized spacial score (nSPS) is 12.0. The Morgan fingerprint density at radius 2 is 0.945 bits per heavy atom. The molecule has 0 spiro atoms. The third-order valence-electron chi connectivity index (χ3n) is 11.0. The molecule has 0 bridgehead atoms. The van der Waals surface area contributed by atoms with Crippen molar-refractivity contribution in [3.05, 3.63) is 176 Å². The van der Waals surface area contributed by atoms with Crippen LogP contribution in [0.2, 0.25) is 0 Å². The van der Waals surface area contributed by atoms with E-state index in [1.54, 1.807) is 11.3 Å². The maximum absolute atomic E-state index is 5.18. The number of para-hydroxylation sites is 1. The lowest BCUT2D eigenvalue weighted by molar-refractivity contribution is 1.19. The average molecular weight is 736 g/mol. The average Bonchev–Trinajstić information content (AvgIpc) is 3.94. The topological polar surface area (TPSA) is 30.7 Å². The van der Waals surface area contributed by atoms with Crippen LogP contribution in [0.3, 0.4) is 0 Å². The number of hydrogen-bond donors (Lipinski definition) is 0. The van der Waals surface area contributed by atoms with E-state index >= 15 is 0 Å². The number of thiophene rings is 2. The summed E-state index contributed by atoms with van der Waals surface area (Å²) < 4.78 is 7.49. The molecule has 0 aliphatic heterocycles. The van der Waals surface area contributed by atoms with Crippen LogP contribution in [0, 0.1) is 0 Å². The summed E-state index contributed by atoms with van der Waals surface area (Å²) in [4.78, 5) is 10.3. The summed E-state index contributed by atoms with van der Waals surface area (Å²) in [5.74, 6) is 0.747. The number of benzene rings is 8. The molecule has 4 heterocycles. The Labute approximate surface area is 324 Å². The smallest absolute Gasteiger partial charge is 0.160 e. The molecule has 0 aliphatic carbocycles. The van der Waals surface area contributed by atoms with E-state index in [-0.39, 0.29) is 0 Å². The van der Waals surface area contributed by atoms with Crippen LogP contribution in [0.1, 0.15) is 0 Å². The van der Waals surface area contributed by atoms with Crippen molar-refractivity contribution >= 4 is 95.7 Å². The van der Waals surface area contributed by atoms with Crippen LogP contribution in [-0.4, -0.2) is 14.5 Å². The molecule has 55 heavy (non-hydrogen) atoms. The minimum Gasteiger partial charge on any atom is -0.309 e. The molecule has 5 heteroatoms. The Kier molecular flexibility index (Phi) is 6.67. The van der Waals surface area contributed by atoms with E-state index in [2.05, 4.69) is 162 Å². The Balaban J connectivity index is 1.00. The van der Waals surface area contributed by atoms with Gasteiger partial charge in [-0.2, -0.15) is 0 Å². The van der Waals surface area contributed by atoms with E-state index in [1.807, 2.05) is 29.5 Å². The van der Waals surface area contributed by atoms with Crippen molar-refractivity contribution in [1.29, 1.82) is 0 Å². The Morgan fingerprint density at radius 1 is 0.382 bits per heavy atom. The molecule has 4 aromatic heterocycles. The van der Waals surface area contributed by atoms with Gasteiger partial charge in [0.15, 0.2) is 5.82 Å². The van der Waals surface area contributed by atoms with E-state index in [0.717, 1.165) is 38.5 Å². The molecule has 0 radical (unpaired) electrons. The van der Waals surface area contributed by atoms with Gasteiger partial charge in [0.1, 0.15) is 0 Å². The SMILES string of the molecule is c1ccc(-c2nc(-c3ccc(-c4ccc(-n5c6ccccc6c6c7ccccc7c7sc8ccccc8c7c65)cc4)cc3)c3sc4ccccc4c3n2)cc1. The number of fused-ring (bicyclic) bond motifs is 13. The molecule has 0 saturated heterocycles. The fourth-order valence-corrected chi connectivity index (χ4v) is 10.9. The molecule has 0 unspecified atom stereocenters. The summed E-state index contributed by atoms with van der Waals surface area (Å²) in [7, 11) is 0. The second-order valence-corrected chi connectivity index (χ2v) is 16.2. The molecular formula is C50H29N3S2. The molecule has 12 rings (SSSR count). The molecule has 8 aromatic carbocycles. The fraction of sp³-hybridized carbons (Fsp3) is 0. The number of rotatable bonds is 4. The van der Waals surface area contributed by atoms with E-state index < -0.39 is 0 Å². The summed E-state index contributed by atoms with van der Waals surface area (Å²) >= 11 is 3.66. The highest BCUT2D eigenvalue weighted by Gasteiger charge is 2.22. The zero-order valence-corrected chi connectivity index (χ0v) is 31.0. The monoisotopic (exact) mass is 735 g/mol. The number of nitrogens with zero attached hydrogens (tertiary/aromatic N) is 3. The highest BCUT2D eigenvalue weighted by molar-refractivity contribution is 7.27. The lowest BCUT2D eigenvalue weighted by Crippen LogP contribution is -1.95. The summed E-state index contributed by atoms with van der Waals surface area (Å²) in [6, 6.07) is 63.4. The first-order valence-electron chi connectivity index (χ1n) is 18.5. The van der Waals surface area contributed by atoms with Crippen LogP contribution in [0.15, 0.2) is 176 Å². The van der Waals surface area contributed by atoms with Crippen molar-refractivity contribution in [1.82, 2.24) is 14.5 Å². The van der Waals surface area contributed by atoms with E-state index in [0.29, 0.717) is 0 Å². The van der Waals surface area contributed by atoms with Gasteiger partial charge in [-0.1, -0.05) is 146 Å². The molecule has 0 atom stereocenters. The van der Waals surface area contributed by atoms with Crippen molar-refractivity contribution in [3.8, 4) is 39.5 Å². The van der Waals surface area contributed by atoms with E-state index in [4.69, 9.17) is 9.97 Å². The van der Waals surface area contributed by atoms with Crippen molar-refractivity contribution in [2.24, 2.45) is 0 Å². The van der Waals surface area contributed by atoms with Gasteiger partial charge in [-0.3, -0.25) is 0 Å². The molecular weight excluding hydrogens is 707 g/mol. The summed E-state index contributed by atoms with van der Waals surface area (Å²) in [5, 5.41) is 9.03. The summed E-state index contributed by atoms with van der Waals surface area (Å²) in [6.45, 7) is 0. The van der Waals surface area contributed by atoms with Crippen LogP contribution in [0.5, 0.6) is 0 Å². The standard InChI is InChI=1S/C50H29N3S2/c1-2-12-33(13-3-1)50-51-45(49-46(52-50)39-18-8-11-21-42(39)55-49)32-24-22-30(23-25-32)31-26-28-34(29-27-31)53-40-19-9-6-16-37(40)43-35-14-4-5-15-36(35)48-44(47(43)53)38-17-7-10-20-41(38)54-48/h1-29H. The van der Waals surface area contributed by atoms with E-state index in [9.17, 15) is 0 Å². The molecule has 12 aromatic rings. The van der Waals surface area contributed by atoms with Gasteiger partial charge >= 0.3 is 0 Å². The first-order chi connectivity index (χ1) is 27.3. The first-order valence-corrected chi connectivity index (χ1v) is 20.1. The Hall–Kier alpha value is -6.66. The second-order valence-electron chi connectivity index (χ2n) is 14.1. The van der Waals surface area contributed by atoms with Gasteiger partial charge in [0.2, 0.25) is 0 Å². The Morgan fingerprint density at radius 3 is 1.71 bits per heavy atom. The molecule has 0 saturated carbocycles. The van der Waals surface area contributed by atoms with Crippen molar-refractivity contribution in [2.45, 2.75) is 0 Å². The van der Waals surface area contributed by atoms with Gasteiger partial charge in [-0.25, -0.2) is 9.97 Å². The molecule has 0 fully saturated rings. The first kappa shape index (κ1) is 30.8. The highest BCUT2D eigenvalue weighted by Crippen LogP contribution is 2.48.